The van der Waals surface area contributed by atoms with Gasteiger partial charge in [0.15, 0.2) is 0 Å². The summed E-state index contributed by atoms with van der Waals surface area (Å²) in [5.41, 5.74) is 0.175. The van der Waals surface area contributed by atoms with Gasteiger partial charge >= 0.3 is 6.09 Å². The molecular formula is C21H30N2O3. The van der Waals surface area contributed by atoms with Gasteiger partial charge in [-0.2, -0.15) is 0 Å². The van der Waals surface area contributed by atoms with Crippen molar-refractivity contribution in [2.75, 3.05) is 13.1 Å². The zero-order valence-corrected chi connectivity index (χ0v) is 15.9. The molecule has 1 aromatic rings. The normalized spacial score (nSPS) is 26.0. The highest BCUT2D eigenvalue weighted by Gasteiger charge is 2.49. The summed E-state index contributed by atoms with van der Waals surface area (Å²) in [6.07, 6.45) is 5.44. The lowest BCUT2D eigenvalue weighted by atomic mass is 9.92. The average molecular weight is 358 g/mol. The van der Waals surface area contributed by atoms with E-state index in [0.29, 0.717) is 19.0 Å². The Morgan fingerprint density at radius 1 is 1.15 bits per heavy atom. The third-order valence-corrected chi connectivity index (χ3v) is 5.89. The molecule has 0 N–H and O–H groups in total. The molecule has 2 aliphatic rings. The number of carbonyl (C=O) groups is 2. The Hall–Kier alpha value is -2.04. The van der Waals surface area contributed by atoms with E-state index in [2.05, 4.69) is 6.92 Å². The average Bonchev–Trinajstić information content (AvgIpc) is 3.09. The summed E-state index contributed by atoms with van der Waals surface area (Å²) in [7, 11) is 0. The minimum atomic E-state index is -0.779. The first kappa shape index (κ1) is 18.7. The van der Waals surface area contributed by atoms with Crippen LogP contribution in [0.1, 0.15) is 57.9 Å². The van der Waals surface area contributed by atoms with Gasteiger partial charge in [-0.15, -0.1) is 0 Å². The molecule has 0 saturated carbocycles. The van der Waals surface area contributed by atoms with Crippen molar-refractivity contribution in [1.82, 2.24) is 9.80 Å². The number of benzene rings is 1. The molecule has 0 aromatic heterocycles. The number of piperidine rings is 1. The molecule has 2 aliphatic heterocycles. The topological polar surface area (TPSA) is 49.9 Å². The Bertz CT molecular complexity index is 633. The van der Waals surface area contributed by atoms with E-state index in [-0.39, 0.29) is 18.6 Å². The summed E-state index contributed by atoms with van der Waals surface area (Å²) in [6, 6.07) is 9.95. The van der Waals surface area contributed by atoms with Crippen molar-refractivity contribution in [3.05, 3.63) is 35.9 Å². The third kappa shape index (κ3) is 3.71. The zero-order valence-electron chi connectivity index (χ0n) is 15.9. The molecule has 2 fully saturated rings. The number of ether oxygens (including phenoxy) is 1. The minimum absolute atomic E-state index is 0.0956. The van der Waals surface area contributed by atoms with Crippen LogP contribution in [0.5, 0.6) is 0 Å². The van der Waals surface area contributed by atoms with Crippen LogP contribution < -0.4 is 0 Å². The lowest BCUT2D eigenvalue weighted by molar-refractivity contribution is -0.145. The van der Waals surface area contributed by atoms with E-state index in [1.807, 2.05) is 42.2 Å². The summed E-state index contributed by atoms with van der Waals surface area (Å²) in [4.78, 5) is 29.7. The first-order chi connectivity index (χ1) is 12.6. The second kappa shape index (κ2) is 8.11. The third-order valence-electron chi connectivity index (χ3n) is 5.89. The van der Waals surface area contributed by atoms with Gasteiger partial charge < -0.3 is 9.64 Å². The summed E-state index contributed by atoms with van der Waals surface area (Å²) in [6.45, 7) is 5.68. The van der Waals surface area contributed by atoms with Crippen LogP contribution in [0.25, 0.3) is 0 Å². The van der Waals surface area contributed by atoms with Gasteiger partial charge in [-0.1, -0.05) is 37.3 Å². The smallest absolute Gasteiger partial charge is 0.410 e. The van der Waals surface area contributed by atoms with E-state index in [1.165, 1.54) is 6.42 Å². The van der Waals surface area contributed by atoms with Crippen molar-refractivity contribution in [3.8, 4) is 0 Å². The molecular weight excluding hydrogens is 328 g/mol. The molecule has 2 unspecified atom stereocenters. The summed E-state index contributed by atoms with van der Waals surface area (Å²) < 4.78 is 5.51. The maximum absolute atomic E-state index is 13.4. The van der Waals surface area contributed by atoms with E-state index < -0.39 is 5.54 Å². The Labute approximate surface area is 156 Å². The molecule has 26 heavy (non-hydrogen) atoms. The predicted molar refractivity (Wildman–Crippen MR) is 101 cm³/mol. The van der Waals surface area contributed by atoms with Crippen molar-refractivity contribution >= 4 is 12.0 Å². The maximum atomic E-state index is 13.4. The number of rotatable bonds is 4. The Morgan fingerprint density at radius 3 is 2.65 bits per heavy atom. The van der Waals surface area contributed by atoms with Gasteiger partial charge in [-0.3, -0.25) is 9.69 Å². The molecule has 2 heterocycles. The molecule has 142 valence electrons. The molecule has 0 spiro atoms. The molecule has 2 saturated heterocycles. The molecule has 2 amide bonds. The van der Waals surface area contributed by atoms with Crippen molar-refractivity contribution in [1.29, 1.82) is 0 Å². The van der Waals surface area contributed by atoms with Gasteiger partial charge in [0, 0.05) is 19.1 Å². The van der Waals surface area contributed by atoms with Crippen LogP contribution in [0, 0.1) is 0 Å². The highest BCUT2D eigenvalue weighted by molar-refractivity contribution is 5.90. The van der Waals surface area contributed by atoms with E-state index in [9.17, 15) is 9.59 Å². The number of hydrogen-bond donors (Lipinski definition) is 0. The molecule has 2 atom stereocenters. The van der Waals surface area contributed by atoms with Gasteiger partial charge in [-0.05, 0) is 51.0 Å². The monoisotopic (exact) mass is 358 g/mol. The maximum Gasteiger partial charge on any atom is 0.410 e. The zero-order chi connectivity index (χ0) is 18.6. The summed E-state index contributed by atoms with van der Waals surface area (Å²) in [5.74, 6) is 0.0956. The summed E-state index contributed by atoms with van der Waals surface area (Å²) >= 11 is 0. The number of likely N-dealkylation sites (tertiary alicyclic amines) is 2. The van der Waals surface area contributed by atoms with Gasteiger partial charge in [0.05, 0.1) is 0 Å². The van der Waals surface area contributed by atoms with Crippen molar-refractivity contribution in [2.45, 2.75) is 70.6 Å². The van der Waals surface area contributed by atoms with Crippen LogP contribution in [0.2, 0.25) is 0 Å². The standard InChI is InChI=1S/C21H30N2O3/c1-3-18-12-7-8-14-22(18)19(24)21(2)13-9-15-23(21)20(25)26-16-17-10-5-4-6-11-17/h4-6,10-11,18H,3,7-9,12-16H2,1-2H3. The van der Waals surface area contributed by atoms with Crippen LogP contribution in [0.15, 0.2) is 30.3 Å². The van der Waals surface area contributed by atoms with Crippen molar-refractivity contribution in [2.24, 2.45) is 0 Å². The van der Waals surface area contributed by atoms with Crippen LogP contribution in [0.3, 0.4) is 0 Å². The minimum Gasteiger partial charge on any atom is -0.445 e. The Morgan fingerprint density at radius 2 is 1.92 bits per heavy atom. The van der Waals surface area contributed by atoms with Crippen LogP contribution >= 0.6 is 0 Å². The molecule has 1 aromatic carbocycles. The Kier molecular flexibility index (Phi) is 5.84. The van der Waals surface area contributed by atoms with Gasteiger partial charge in [-0.25, -0.2) is 4.79 Å². The van der Waals surface area contributed by atoms with Crippen LogP contribution in [-0.4, -0.2) is 46.5 Å². The highest BCUT2D eigenvalue weighted by Crippen LogP contribution is 2.34. The largest absolute Gasteiger partial charge is 0.445 e. The van der Waals surface area contributed by atoms with E-state index >= 15 is 0 Å². The fraction of sp³-hybridized carbons (Fsp3) is 0.619. The fourth-order valence-electron chi connectivity index (χ4n) is 4.28. The highest BCUT2D eigenvalue weighted by atomic mass is 16.6. The fourth-order valence-corrected chi connectivity index (χ4v) is 4.28. The lowest BCUT2D eigenvalue weighted by Gasteiger charge is -2.42. The molecule has 5 heteroatoms. The molecule has 0 aliphatic carbocycles. The van der Waals surface area contributed by atoms with Gasteiger partial charge in [0.2, 0.25) is 5.91 Å². The van der Waals surface area contributed by atoms with Crippen LogP contribution in [-0.2, 0) is 16.1 Å². The second-order valence-electron chi connectivity index (χ2n) is 7.63. The number of nitrogens with zero attached hydrogens (tertiary/aromatic N) is 2. The first-order valence-electron chi connectivity index (χ1n) is 9.85. The van der Waals surface area contributed by atoms with Crippen molar-refractivity contribution in [3.63, 3.8) is 0 Å². The lowest BCUT2D eigenvalue weighted by Crippen LogP contribution is -2.59. The first-order valence-corrected chi connectivity index (χ1v) is 9.85. The molecule has 0 bridgehead atoms. The van der Waals surface area contributed by atoms with Gasteiger partial charge in [0.1, 0.15) is 12.1 Å². The van der Waals surface area contributed by atoms with E-state index in [1.54, 1.807) is 4.90 Å². The van der Waals surface area contributed by atoms with Crippen molar-refractivity contribution < 1.29 is 14.3 Å². The number of hydrogen-bond acceptors (Lipinski definition) is 3. The molecule has 0 radical (unpaired) electrons. The van der Waals surface area contributed by atoms with E-state index in [0.717, 1.165) is 37.8 Å². The van der Waals surface area contributed by atoms with Crippen LogP contribution in [0.4, 0.5) is 4.79 Å². The predicted octanol–water partition coefficient (Wildman–Crippen LogP) is 3.97. The summed E-state index contributed by atoms with van der Waals surface area (Å²) in [5, 5.41) is 0. The molecule has 5 nitrogen and oxygen atoms in total. The number of carbonyl (C=O) groups excluding carboxylic acids is 2. The SMILES string of the molecule is CCC1CCCCN1C(=O)C1(C)CCCN1C(=O)OCc1ccccc1. The molecule has 3 rings (SSSR count). The Balaban J connectivity index is 1.68. The van der Waals surface area contributed by atoms with E-state index in [4.69, 9.17) is 4.74 Å². The quantitative estimate of drug-likeness (QED) is 0.818. The number of amides is 2. The second-order valence-corrected chi connectivity index (χ2v) is 7.63. The van der Waals surface area contributed by atoms with Gasteiger partial charge in [0.25, 0.3) is 0 Å².